The van der Waals surface area contributed by atoms with Gasteiger partial charge in [0.15, 0.2) is 0 Å². The van der Waals surface area contributed by atoms with Crippen molar-refractivity contribution in [2.24, 2.45) is 0 Å². The topological polar surface area (TPSA) is 51.8 Å². The Labute approximate surface area is 90.1 Å². The van der Waals surface area contributed by atoms with Crippen LogP contribution in [0.1, 0.15) is 5.89 Å². The first kappa shape index (κ1) is 10.0. The van der Waals surface area contributed by atoms with Gasteiger partial charge in [0.05, 0.1) is 6.20 Å². The lowest BCUT2D eigenvalue weighted by Gasteiger charge is -1.92. The van der Waals surface area contributed by atoms with Gasteiger partial charge >= 0.3 is 0 Å². The van der Waals surface area contributed by atoms with Crippen molar-refractivity contribution in [2.75, 3.05) is 5.88 Å². The largest absolute Gasteiger partial charge is 0.419 e. The molecule has 0 aliphatic rings. The second-order valence-electron chi connectivity index (χ2n) is 2.80. The Morgan fingerprint density at radius 1 is 1.33 bits per heavy atom. The van der Waals surface area contributed by atoms with Crippen LogP contribution in [0, 0.1) is 5.82 Å². The lowest BCUT2D eigenvalue weighted by Crippen LogP contribution is -1.84. The zero-order valence-corrected chi connectivity index (χ0v) is 8.41. The normalized spacial score (nSPS) is 10.5. The molecule has 0 radical (unpaired) electrons. The highest BCUT2D eigenvalue weighted by Gasteiger charge is 2.08. The van der Waals surface area contributed by atoms with Crippen LogP contribution in [-0.4, -0.2) is 21.1 Å². The average Bonchev–Trinajstić information content (AvgIpc) is 2.68. The summed E-state index contributed by atoms with van der Waals surface area (Å²) in [7, 11) is 0. The van der Waals surface area contributed by atoms with Crippen LogP contribution in [0.2, 0.25) is 0 Å². The zero-order valence-electron chi connectivity index (χ0n) is 7.65. The standard InChI is InChI=1S/C9H7ClFN3O/c10-4-3-8-13-14-9(15-8)7-2-1-6(11)5-12-7/h1-2,5H,3-4H2. The van der Waals surface area contributed by atoms with E-state index in [0.717, 1.165) is 6.20 Å². The van der Waals surface area contributed by atoms with E-state index in [1.807, 2.05) is 0 Å². The number of hydrogen-bond acceptors (Lipinski definition) is 4. The van der Waals surface area contributed by atoms with Crippen molar-refractivity contribution in [1.29, 1.82) is 0 Å². The molecule has 0 atom stereocenters. The molecule has 0 saturated carbocycles. The third-order valence-electron chi connectivity index (χ3n) is 1.72. The molecule has 2 rings (SSSR count). The van der Waals surface area contributed by atoms with Crippen LogP contribution in [0.25, 0.3) is 11.6 Å². The lowest BCUT2D eigenvalue weighted by molar-refractivity contribution is 0.511. The quantitative estimate of drug-likeness (QED) is 0.753. The van der Waals surface area contributed by atoms with Gasteiger partial charge in [0.2, 0.25) is 5.89 Å². The maximum absolute atomic E-state index is 12.6. The minimum absolute atomic E-state index is 0.273. The number of rotatable bonds is 3. The molecule has 2 aromatic rings. The molecular formula is C9H7ClFN3O. The van der Waals surface area contributed by atoms with E-state index < -0.39 is 5.82 Å². The Morgan fingerprint density at radius 3 is 2.87 bits per heavy atom. The molecule has 0 fully saturated rings. The summed E-state index contributed by atoms with van der Waals surface area (Å²) in [6.07, 6.45) is 1.61. The van der Waals surface area contributed by atoms with Gasteiger partial charge in [0.1, 0.15) is 11.5 Å². The number of aryl methyl sites for hydroxylation is 1. The molecule has 0 unspecified atom stereocenters. The second-order valence-corrected chi connectivity index (χ2v) is 3.18. The van der Waals surface area contributed by atoms with Crippen molar-refractivity contribution in [3.8, 4) is 11.6 Å². The van der Waals surface area contributed by atoms with Crippen molar-refractivity contribution < 1.29 is 8.81 Å². The molecule has 0 N–H and O–H groups in total. The number of halogens is 2. The first-order valence-electron chi connectivity index (χ1n) is 4.30. The van der Waals surface area contributed by atoms with E-state index in [-0.39, 0.29) is 5.89 Å². The maximum atomic E-state index is 12.6. The lowest BCUT2D eigenvalue weighted by atomic mass is 10.3. The summed E-state index contributed by atoms with van der Waals surface area (Å²) in [5.74, 6) is 0.735. The Balaban J connectivity index is 2.25. The van der Waals surface area contributed by atoms with E-state index >= 15 is 0 Å². The Kier molecular flexibility index (Phi) is 2.91. The van der Waals surface area contributed by atoms with Gasteiger partial charge in [-0.25, -0.2) is 9.37 Å². The van der Waals surface area contributed by atoms with Crippen LogP contribution in [-0.2, 0) is 6.42 Å². The predicted molar refractivity (Wildman–Crippen MR) is 51.9 cm³/mol. The van der Waals surface area contributed by atoms with Crippen LogP contribution >= 0.6 is 11.6 Å². The minimum Gasteiger partial charge on any atom is -0.419 e. The van der Waals surface area contributed by atoms with E-state index in [1.54, 1.807) is 0 Å². The van der Waals surface area contributed by atoms with Crippen molar-refractivity contribution in [3.63, 3.8) is 0 Å². The number of hydrogen-bond donors (Lipinski definition) is 0. The molecule has 0 amide bonds. The summed E-state index contributed by atoms with van der Waals surface area (Å²) >= 11 is 5.52. The highest BCUT2D eigenvalue weighted by molar-refractivity contribution is 6.17. The Hall–Kier alpha value is -1.49. The van der Waals surface area contributed by atoms with Gasteiger partial charge in [-0.05, 0) is 12.1 Å². The summed E-state index contributed by atoms with van der Waals surface area (Å²) in [6.45, 7) is 0. The fraction of sp³-hybridized carbons (Fsp3) is 0.222. The minimum atomic E-state index is -0.403. The highest BCUT2D eigenvalue weighted by Crippen LogP contribution is 2.15. The second kappa shape index (κ2) is 4.35. The van der Waals surface area contributed by atoms with Gasteiger partial charge in [-0.3, -0.25) is 0 Å². The van der Waals surface area contributed by atoms with Crippen molar-refractivity contribution >= 4 is 11.6 Å². The number of aromatic nitrogens is 3. The fourth-order valence-electron chi connectivity index (χ4n) is 1.04. The summed E-state index contributed by atoms with van der Waals surface area (Å²) in [4.78, 5) is 3.82. The molecule has 0 aliphatic carbocycles. The van der Waals surface area contributed by atoms with Gasteiger partial charge in [-0.15, -0.1) is 21.8 Å². The first-order valence-corrected chi connectivity index (χ1v) is 4.83. The maximum Gasteiger partial charge on any atom is 0.266 e. The van der Waals surface area contributed by atoms with Crippen molar-refractivity contribution in [1.82, 2.24) is 15.2 Å². The molecule has 0 aliphatic heterocycles. The molecule has 2 aromatic heterocycles. The SMILES string of the molecule is Fc1ccc(-c2nnc(CCCl)o2)nc1. The van der Waals surface area contributed by atoms with Crippen LogP contribution in [0.5, 0.6) is 0 Å². The monoisotopic (exact) mass is 227 g/mol. The third-order valence-corrected chi connectivity index (χ3v) is 1.91. The van der Waals surface area contributed by atoms with E-state index in [2.05, 4.69) is 15.2 Å². The average molecular weight is 228 g/mol. The first-order chi connectivity index (χ1) is 7.29. The Bertz CT molecular complexity index is 443. The van der Waals surface area contributed by atoms with E-state index in [1.165, 1.54) is 12.1 Å². The predicted octanol–water partition coefficient (Wildman–Crippen LogP) is 2.05. The zero-order chi connectivity index (χ0) is 10.7. The molecule has 78 valence electrons. The van der Waals surface area contributed by atoms with Crippen molar-refractivity contribution in [2.45, 2.75) is 6.42 Å². The summed E-state index contributed by atoms with van der Waals surface area (Å²) in [5.41, 5.74) is 0.449. The number of nitrogens with zero attached hydrogens (tertiary/aromatic N) is 3. The molecule has 0 aromatic carbocycles. The van der Waals surface area contributed by atoms with Gasteiger partial charge in [0.25, 0.3) is 5.89 Å². The van der Waals surface area contributed by atoms with E-state index in [0.29, 0.717) is 23.9 Å². The van der Waals surface area contributed by atoms with Crippen LogP contribution in [0.15, 0.2) is 22.7 Å². The van der Waals surface area contributed by atoms with Gasteiger partial charge in [0, 0.05) is 12.3 Å². The number of alkyl halides is 1. The van der Waals surface area contributed by atoms with Crippen LogP contribution in [0.3, 0.4) is 0 Å². The van der Waals surface area contributed by atoms with Gasteiger partial charge in [-0.2, -0.15) is 0 Å². The summed E-state index contributed by atoms with van der Waals surface area (Å²) < 4.78 is 17.8. The molecule has 0 saturated heterocycles. The van der Waals surface area contributed by atoms with E-state index in [9.17, 15) is 4.39 Å². The van der Waals surface area contributed by atoms with Crippen LogP contribution < -0.4 is 0 Å². The van der Waals surface area contributed by atoms with Crippen molar-refractivity contribution in [3.05, 3.63) is 30.0 Å². The number of pyridine rings is 1. The third kappa shape index (κ3) is 2.30. The molecule has 0 spiro atoms. The molecular weight excluding hydrogens is 221 g/mol. The fourth-order valence-corrected chi connectivity index (χ4v) is 1.20. The Morgan fingerprint density at radius 2 is 2.20 bits per heavy atom. The van der Waals surface area contributed by atoms with Gasteiger partial charge in [-0.1, -0.05) is 0 Å². The van der Waals surface area contributed by atoms with Crippen LogP contribution in [0.4, 0.5) is 4.39 Å². The summed E-state index contributed by atoms with van der Waals surface area (Å²) in [5, 5.41) is 7.54. The molecule has 6 heteroatoms. The molecule has 4 nitrogen and oxygen atoms in total. The summed E-state index contributed by atoms with van der Waals surface area (Å²) in [6, 6.07) is 2.76. The smallest absolute Gasteiger partial charge is 0.266 e. The molecule has 0 bridgehead atoms. The van der Waals surface area contributed by atoms with E-state index in [4.69, 9.17) is 16.0 Å². The highest BCUT2D eigenvalue weighted by atomic mass is 35.5. The molecule has 15 heavy (non-hydrogen) atoms. The van der Waals surface area contributed by atoms with Gasteiger partial charge < -0.3 is 4.42 Å². The molecule has 2 heterocycles.